The smallest absolute Gasteiger partial charge is 0.493 e. The van der Waals surface area contributed by atoms with Gasteiger partial charge in [0.25, 0.3) is 0 Å². The van der Waals surface area contributed by atoms with Crippen molar-refractivity contribution in [2.75, 3.05) is 13.7 Å². The van der Waals surface area contributed by atoms with E-state index in [0.717, 1.165) is 12.1 Å². The third-order valence-corrected chi connectivity index (χ3v) is 5.29. The molecule has 0 spiro atoms. The number of benzene rings is 2. The molecule has 0 heterocycles. The van der Waals surface area contributed by atoms with Crippen LogP contribution in [0.25, 0.3) is 6.08 Å². The molecule has 0 aliphatic carbocycles. The van der Waals surface area contributed by atoms with Crippen molar-refractivity contribution in [2.45, 2.75) is 6.42 Å². The first-order valence-electron chi connectivity index (χ1n) is 9.57. The number of nitrogens with one attached hydrogen (secondary N) is 1. The van der Waals surface area contributed by atoms with Crippen LogP contribution in [0.15, 0.2) is 42.5 Å². The average molecular weight is 569 g/mol. The number of hydrogen-bond acceptors (Lipinski definition) is 8. The number of ether oxygens (including phenoxy) is 1. The fourth-order valence-corrected chi connectivity index (χ4v) is 3.88. The zero-order chi connectivity index (χ0) is 27.1. The second kappa shape index (κ2) is 12.0. The van der Waals surface area contributed by atoms with Crippen LogP contribution in [0.3, 0.4) is 0 Å². The maximum atomic E-state index is 12.1. The predicted molar refractivity (Wildman–Crippen MR) is 123 cm³/mol. The highest BCUT2D eigenvalue weighted by Crippen LogP contribution is 2.47. The molecule has 0 atom stereocenters. The fraction of sp³-hybridized carbons (Fsp3) is 0.167. The average Bonchev–Trinajstić information content (AvgIpc) is 2.71. The number of carbonyl (C=O) groups excluding carboxylic acids is 1. The van der Waals surface area contributed by atoms with Crippen LogP contribution in [0, 0.1) is 0 Å². The second-order valence-corrected chi connectivity index (χ2v) is 10.3. The Hall–Kier alpha value is -2.70. The molecule has 0 unspecified atom stereocenters. The van der Waals surface area contributed by atoms with E-state index in [1.807, 2.05) is 0 Å². The highest BCUT2D eigenvalue weighted by Gasteiger charge is 2.24. The van der Waals surface area contributed by atoms with E-state index in [0.29, 0.717) is 11.1 Å². The Labute approximate surface area is 204 Å². The number of carbonyl (C=O) groups is 1. The summed E-state index contributed by atoms with van der Waals surface area (Å²) in [5.74, 6) is -1.87. The van der Waals surface area contributed by atoms with E-state index in [1.165, 1.54) is 43.5 Å². The molecule has 1 amide bonds. The summed E-state index contributed by atoms with van der Waals surface area (Å²) in [6, 6.07) is 7.58. The standard InChI is InChI=1S/C18H22NO14P3/c1-30-16-10-12(2-5-14(16)31-34(21,22)23)4-7-18(20)19-9-8-13-3-6-15(32-35(24,25)26)17(11-13)33-36(27,28)29/h2-7,10-11H,8-9H2,1H3,(H,19,20)(H2,21,22,23)(H2,24,25,26)(H2,27,28,29)/b7-4+. The minimum absolute atomic E-state index is 0.0281. The van der Waals surface area contributed by atoms with Crippen LogP contribution in [0.4, 0.5) is 0 Å². The summed E-state index contributed by atoms with van der Waals surface area (Å²) >= 11 is 0. The Morgan fingerprint density at radius 1 is 0.806 bits per heavy atom. The zero-order valence-electron chi connectivity index (χ0n) is 18.3. The molecule has 2 rings (SSSR count). The molecule has 2 aromatic carbocycles. The number of amides is 1. The van der Waals surface area contributed by atoms with Crippen LogP contribution in [0.2, 0.25) is 0 Å². The van der Waals surface area contributed by atoms with Crippen molar-refractivity contribution in [3.05, 3.63) is 53.6 Å². The molecule has 198 valence electrons. The summed E-state index contributed by atoms with van der Waals surface area (Å²) in [5, 5.41) is 2.56. The predicted octanol–water partition coefficient (Wildman–Crippen LogP) is 1.48. The molecular formula is C18H22NO14P3. The lowest BCUT2D eigenvalue weighted by molar-refractivity contribution is -0.116. The third-order valence-electron chi connectivity index (χ3n) is 3.99. The summed E-state index contributed by atoms with van der Waals surface area (Å²) in [4.78, 5) is 65.8. The first kappa shape index (κ1) is 29.5. The number of phosphoric acid groups is 3. The maximum absolute atomic E-state index is 12.1. The van der Waals surface area contributed by atoms with Gasteiger partial charge in [0.15, 0.2) is 23.0 Å². The Kier molecular flexibility index (Phi) is 9.86. The molecule has 7 N–H and O–H groups in total. The van der Waals surface area contributed by atoms with Crippen LogP contribution in [0.5, 0.6) is 23.0 Å². The first-order valence-corrected chi connectivity index (χ1v) is 14.2. The Balaban J connectivity index is 2.02. The molecule has 36 heavy (non-hydrogen) atoms. The van der Waals surface area contributed by atoms with Crippen LogP contribution in [-0.2, 0) is 24.9 Å². The molecule has 15 nitrogen and oxygen atoms in total. The summed E-state index contributed by atoms with van der Waals surface area (Å²) in [6.45, 7) is 0.0651. The zero-order valence-corrected chi connectivity index (χ0v) is 21.0. The molecule has 0 saturated carbocycles. The van der Waals surface area contributed by atoms with Gasteiger partial charge in [-0.15, -0.1) is 0 Å². The number of rotatable bonds is 12. The SMILES string of the molecule is COc1cc(/C=C/C(=O)NCCc2ccc(OP(=O)(O)O)c(OP(=O)(O)O)c2)ccc1OP(=O)(O)O. The van der Waals surface area contributed by atoms with Gasteiger partial charge in [-0.25, -0.2) is 13.7 Å². The van der Waals surface area contributed by atoms with Gasteiger partial charge in [0.2, 0.25) is 5.91 Å². The van der Waals surface area contributed by atoms with Crippen molar-refractivity contribution in [3.8, 4) is 23.0 Å². The molecule has 0 saturated heterocycles. The highest BCUT2D eigenvalue weighted by atomic mass is 31.2. The van der Waals surface area contributed by atoms with Gasteiger partial charge < -0.3 is 23.6 Å². The van der Waals surface area contributed by atoms with Gasteiger partial charge in [-0.3, -0.25) is 34.2 Å². The van der Waals surface area contributed by atoms with Crippen LogP contribution < -0.4 is 23.6 Å². The Morgan fingerprint density at radius 2 is 1.33 bits per heavy atom. The van der Waals surface area contributed by atoms with Crippen molar-refractivity contribution in [3.63, 3.8) is 0 Å². The Bertz CT molecular complexity index is 1260. The van der Waals surface area contributed by atoms with Gasteiger partial charge in [-0.1, -0.05) is 12.1 Å². The van der Waals surface area contributed by atoms with Gasteiger partial charge in [0, 0.05) is 12.6 Å². The lowest BCUT2D eigenvalue weighted by Crippen LogP contribution is -2.23. The molecule has 0 radical (unpaired) electrons. The van der Waals surface area contributed by atoms with Crippen LogP contribution in [0.1, 0.15) is 11.1 Å². The molecule has 0 bridgehead atoms. The van der Waals surface area contributed by atoms with Crippen LogP contribution in [-0.4, -0.2) is 48.9 Å². The summed E-state index contributed by atoms with van der Waals surface area (Å²) in [7, 11) is -13.6. The quantitative estimate of drug-likeness (QED) is 0.142. The van der Waals surface area contributed by atoms with E-state index in [2.05, 4.69) is 18.9 Å². The Morgan fingerprint density at radius 3 is 1.89 bits per heavy atom. The van der Waals surface area contributed by atoms with Crippen molar-refractivity contribution < 1.29 is 66.2 Å². The van der Waals surface area contributed by atoms with Crippen molar-refractivity contribution in [1.29, 1.82) is 0 Å². The van der Waals surface area contributed by atoms with Crippen molar-refractivity contribution in [2.24, 2.45) is 0 Å². The van der Waals surface area contributed by atoms with E-state index in [-0.39, 0.29) is 24.5 Å². The molecule has 0 aliphatic rings. The summed E-state index contributed by atoms with van der Waals surface area (Å²) in [5.41, 5.74) is 0.853. The lowest BCUT2D eigenvalue weighted by atomic mass is 10.1. The van der Waals surface area contributed by atoms with Crippen LogP contribution >= 0.6 is 23.5 Å². The topological polar surface area (TPSA) is 239 Å². The third kappa shape index (κ3) is 10.9. The summed E-state index contributed by atoms with van der Waals surface area (Å²) in [6.07, 6.45) is 2.73. The van der Waals surface area contributed by atoms with Gasteiger partial charge in [-0.2, -0.15) is 0 Å². The molecule has 0 aliphatic heterocycles. The molecule has 0 aromatic heterocycles. The number of phosphoric ester groups is 3. The highest BCUT2D eigenvalue weighted by molar-refractivity contribution is 7.47. The van der Waals surface area contributed by atoms with Gasteiger partial charge in [-0.05, 0) is 47.9 Å². The van der Waals surface area contributed by atoms with Crippen molar-refractivity contribution >= 4 is 35.5 Å². The van der Waals surface area contributed by atoms with Gasteiger partial charge in [0.1, 0.15) is 0 Å². The maximum Gasteiger partial charge on any atom is 0.524 e. The minimum atomic E-state index is -5.07. The lowest BCUT2D eigenvalue weighted by Gasteiger charge is -2.14. The van der Waals surface area contributed by atoms with E-state index in [4.69, 9.17) is 34.1 Å². The molecular weight excluding hydrogens is 547 g/mol. The number of hydrogen-bond donors (Lipinski definition) is 7. The largest absolute Gasteiger partial charge is 0.524 e. The fourth-order valence-electron chi connectivity index (χ4n) is 2.66. The number of methoxy groups -OCH3 is 1. The van der Waals surface area contributed by atoms with E-state index >= 15 is 0 Å². The molecule has 18 heteroatoms. The minimum Gasteiger partial charge on any atom is -0.493 e. The van der Waals surface area contributed by atoms with E-state index in [9.17, 15) is 18.5 Å². The normalized spacial score (nSPS) is 12.3. The molecule has 2 aromatic rings. The summed E-state index contributed by atoms with van der Waals surface area (Å²) < 4.78 is 51.5. The first-order chi connectivity index (χ1) is 16.5. The second-order valence-electron chi connectivity index (χ2n) is 6.81. The van der Waals surface area contributed by atoms with E-state index in [1.54, 1.807) is 0 Å². The molecule has 0 fully saturated rings. The van der Waals surface area contributed by atoms with E-state index < -0.39 is 40.9 Å². The monoisotopic (exact) mass is 569 g/mol. The van der Waals surface area contributed by atoms with Gasteiger partial charge in [0.05, 0.1) is 7.11 Å². The van der Waals surface area contributed by atoms with Gasteiger partial charge >= 0.3 is 23.5 Å². The van der Waals surface area contributed by atoms with Crippen molar-refractivity contribution in [1.82, 2.24) is 5.32 Å².